The molecule has 1 saturated heterocycles. The molecule has 0 bridgehead atoms. The number of ether oxygens (including phenoxy) is 2. The molecule has 2 atom stereocenters. The van der Waals surface area contributed by atoms with E-state index in [2.05, 4.69) is 16.0 Å². The van der Waals surface area contributed by atoms with Gasteiger partial charge in [-0.05, 0) is 35.2 Å². The third-order valence-electron chi connectivity index (χ3n) is 5.88. The summed E-state index contributed by atoms with van der Waals surface area (Å²) < 4.78 is 12.3. The highest BCUT2D eigenvalue weighted by atomic mass is 32.1. The van der Waals surface area contributed by atoms with Gasteiger partial charge in [-0.1, -0.05) is 36.4 Å². The van der Waals surface area contributed by atoms with Crippen molar-refractivity contribution in [2.45, 2.75) is 18.8 Å². The Morgan fingerprint density at radius 1 is 1.06 bits per heavy atom. The van der Waals surface area contributed by atoms with Gasteiger partial charge in [-0.15, -0.1) is 11.3 Å². The van der Waals surface area contributed by atoms with Crippen molar-refractivity contribution in [3.05, 3.63) is 83.2 Å². The maximum Gasteiger partial charge on any atom is 0.256 e. The first-order chi connectivity index (χ1) is 17.1. The van der Waals surface area contributed by atoms with E-state index in [0.717, 1.165) is 10.4 Å². The zero-order valence-corrected chi connectivity index (χ0v) is 19.2. The number of amides is 2. The van der Waals surface area contributed by atoms with Gasteiger partial charge < -0.3 is 20.1 Å². The molecule has 2 amide bonds. The number of aromatic nitrogens is 2. The van der Waals surface area contributed by atoms with Gasteiger partial charge in [-0.3, -0.25) is 14.9 Å². The predicted molar refractivity (Wildman–Crippen MR) is 130 cm³/mol. The molecule has 6 rings (SSSR count). The van der Waals surface area contributed by atoms with Crippen LogP contribution in [0.3, 0.4) is 0 Å². The summed E-state index contributed by atoms with van der Waals surface area (Å²) in [5.74, 6) is 1.14. The molecule has 2 unspecified atom stereocenters. The molecule has 0 radical (unpaired) electrons. The predicted octanol–water partition coefficient (Wildman–Crippen LogP) is 3.90. The van der Waals surface area contributed by atoms with E-state index >= 15 is 0 Å². The molecule has 176 valence electrons. The van der Waals surface area contributed by atoms with E-state index < -0.39 is 6.29 Å². The van der Waals surface area contributed by atoms with Gasteiger partial charge in [-0.2, -0.15) is 5.10 Å². The van der Waals surface area contributed by atoms with Crippen molar-refractivity contribution in [2.75, 3.05) is 12.1 Å². The van der Waals surface area contributed by atoms with E-state index in [-0.39, 0.29) is 24.6 Å². The number of nitrogens with zero attached hydrogens (tertiary/aromatic N) is 2. The van der Waals surface area contributed by atoms with Gasteiger partial charge >= 0.3 is 0 Å². The summed E-state index contributed by atoms with van der Waals surface area (Å²) >= 11 is 1.54. The zero-order valence-electron chi connectivity index (χ0n) is 18.4. The number of rotatable bonds is 5. The highest BCUT2D eigenvalue weighted by Gasteiger charge is 2.30. The average Bonchev–Trinajstić information content (AvgIpc) is 3.64. The lowest BCUT2D eigenvalue weighted by atomic mass is 10.0. The first-order valence-corrected chi connectivity index (χ1v) is 12.0. The van der Waals surface area contributed by atoms with Gasteiger partial charge in [0.05, 0.1) is 4.88 Å². The van der Waals surface area contributed by atoms with Crippen molar-refractivity contribution < 1.29 is 19.1 Å². The van der Waals surface area contributed by atoms with E-state index in [9.17, 15) is 9.59 Å². The van der Waals surface area contributed by atoms with Gasteiger partial charge in [0, 0.05) is 24.1 Å². The van der Waals surface area contributed by atoms with Crippen LogP contribution in [0.25, 0.3) is 10.6 Å². The molecule has 0 saturated carbocycles. The van der Waals surface area contributed by atoms with Gasteiger partial charge in [0.1, 0.15) is 11.5 Å². The number of nitrogens with one attached hydrogen (secondary N) is 3. The summed E-state index contributed by atoms with van der Waals surface area (Å²) in [6.07, 6.45) is -0.347. The van der Waals surface area contributed by atoms with Gasteiger partial charge in [0.2, 0.25) is 12.7 Å². The highest BCUT2D eigenvalue weighted by molar-refractivity contribution is 7.13. The fourth-order valence-electron chi connectivity index (χ4n) is 4.17. The molecule has 3 N–H and O–H groups in total. The molecule has 0 aliphatic carbocycles. The molecule has 9 nitrogen and oxygen atoms in total. The SMILES string of the molecule is O=C1CC(c2ccccc2)NC(n2nc(-c3cccs3)cc2NC(=O)c2ccc3c(c2)OCO3)N1. The molecular weight excluding hydrogens is 466 g/mol. The Labute approximate surface area is 204 Å². The quantitative estimate of drug-likeness (QED) is 0.394. The Bertz CT molecular complexity index is 1390. The highest BCUT2D eigenvalue weighted by Crippen LogP contribution is 2.33. The molecule has 2 aromatic heterocycles. The normalized spacial score (nSPS) is 18.8. The third-order valence-corrected chi connectivity index (χ3v) is 6.77. The summed E-state index contributed by atoms with van der Waals surface area (Å²) in [4.78, 5) is 26.7. The second kappa shape index (κ2) is 8.90. The van der Waals surface area contributed by atoms with Crippen LogP contribution in [0.4, 0.5) is 5.82 Å². The van der Waals surface area contributed by atoms with Crippen molar-refractivity contribution in [2.24, 2.45) is 0 Å². The van der Waals surface area contributed by atoms with Crippen molar-refractivity contribution >= 4 is 29.0 Å². The van der Waals surface area contributed by atoms with Crippen LogP contribution < -0.4 is 25.4 Å². The van der Waals surface area contributed by atoms with Gasteiger partial charge in [0.25, 0.3) is 5.91 Å². The van der Waals surface area contributed by atoms with E-state index in [1.807, 2.05) is 47.8 Å². The molecule has 1 fully saturated rings. The van der Waals surface area contributed by atoms with Crippen LogP contribution in [0.15, 0.2) is 72.1 Å². The average molecular weight is 488 g/mol. The molecule has 2 aliphatic heterocycles. The number of hydrogen-bond acceptors (Lipinski definition) is 7. The second-order valence-corrected chi connectivity index (χ2v) is 9.11. The minimum Gasteiger partial charge on any atom is -0.454 e. The lowest BCUT2D eigenvalue weighted by Gasteiger charge is -2.32. The molecule has 4 aromatic rings. The Morgan fingerprint density at radius 3 is 2.74 bits per heavy atom. The number of benzene rings is 2. The van der Waals surface area contributed by atoms with E-state index in [0.29, 0.717) is 35.0 Å². The topological polar surface area (TPSA) is 107 Å². The van der Waals surface area contributed by atoms with Crippen molar-refractivity contribution in [1.29, 1.82) is 0 Å². The Hall–Kier alpha value is -4.15. The Morgan fingerprint density at radius 2 is 1.91 bits per heavy atom. The Balaban J connectivity index is 1.33. The molecule has 10 heteroatoms. The summed E-state index contributed by atoms with van der Waals surface area (Å²) in [6, 6.07) is 20.3. The van der Waals surface area contributed by atoms with Crippen molar-refractivity contribution in [3.8, 4) is 22.1 Å². The lowest BCUT2D eigenvalue weighted by molar-refractivity contribution is -0.125. The largest absolute Gasteiger partial charge is 0.454 e. The fraction of sp³-hybridized carbons (Fsp3) is 0.160. The smallest absolute Gasteiger partial charge is 0.256 e. The maximum atomic E-state index is 13.1. The molecule has 2 aromatic carbocycles. The molecule has 35 heavy (non-hydrogen) atoms. The van der Waals surface area contributed by atoms with E-state index in [4.69, 9.17) is 14.6 Å². The number of thiophene rings is 1. The van der Waals surface area contributed by atoms with Crippen LogP contribution in [-0.4, -0.2) is 28.4 Å². The standard InChI is InChI=1S/C25H21N5O4S/c31-23-13-17(15-5-2-1-3-6-15)26-25(28-23)30-22(12-18(29-30)21-7-4-10-35-21)27-24(32)16-8-9-19-20(11-16)34-14-33-19/h1-12,17,25-26H,13-14H2,(H,27,32)(H,28,31). The van der Waals surface area contributed by atoms with E-state index in [1.165, 1.54) is 0 Å². The fourth-order valence-corrected chi connectivity index (χ4v) is 4.86. The van der Waals surface area contributed by atoms with Crippen LogP contribution in [-0.2, 0) is 4.79 Å². The van der Waals surface area contributed by atoms with E-state index in [1.54, 1.807) is 40.3 Å². The zero-order chi connectivity index (χ0) is 23.8. The van der Waals surface area contributed by atoms with Crippen LogP contribution in [0.2, 0.25) is 0 Å². The molecule has 4 heterocycles. The Kier molecular flexibility index (Phi) is 5.44. The summed E-state index contributed by atoms with van der Waals surface area (Å²) in [5.41, 5.74) is 2.12. The van der Waals surface area contributed by atoms with Crippen LogP contribution in [0.1, 0.15) is 34.7 Å². The third kappa shape index (κ3) is 4.25. The minimum atomic E-state index is -0.651. The number of hydrogen-bond donors (Lipinski definition) is 3. The summed E-state index contributed by atoms with van der Waals surface area (Å²) in [7, 11) is 0. The first-order valence-electron chi connectivity index (χ1n) is 11.1. The van der Waals surface area contributed by atoms with Crippen molar-refractivity contribution in [1.82, 2.24) is 20.4 Å². The maximum absolute atomic E-state index is 13.1. The summed E-state index contributed by atoms with van der Waals surface area (Å²) in [6.45, 7) is 0.132. The van der Waals surface area contributed by atoms with Crippen LogP contribution in [0.5, 0.6) is 11.5 Å². The molecule has 2 aliphatic rings. The van der Waals surface area contributed by atoms with Crippen LogP contribution in [0, 0.1) is 0 Å². The summed E-state index contributed by atoms with van der Waals surface area (Å²) in [5, 5.41) is 16.0. The minimum absolute atomic E-state index is 0.108. The second-order valence-electron chi connectivity index (χ2n) is 8.16. The molecule has 0 spiro atoms. The number of fused-ring (bicyclic) bond motifs is 1. The molecular formula is C25H21N5O4S. The number of anilines is 1. The van der Waals surface area contributed by atoms with Gasteiger partial charge in [-0.25, -0.2) is 4.68 Å². The number of carbonyl (C=O) groups is 2. The van der Waals surface area contributed by atoms with Crippen LogP contribution >= 0.6 is 11.3 Å². The lowest BCUT2D eigenvalue weighted by Crippen LogP contribution is -2.50. The first kappa shape index (κ1) is 21.4. The van der Waals surface area contributed by atoms with Gasteiger partial charge in [0.15, 0.2) is 17.8 Å². The number of carbonyl (C=O) groups excluding carboxylic acids is 2. The monoisotopic (exact) mass is 487 g/mol. The van der Waals surface area contributed by atoms with Crippen molar-refractivity contribution in [3.63, 3.8) is 0 Å².